The standard InChI is InChI=1S/C10H14BrNO2/c1-10(6-12,14-2)7-3-4-9(13)8(11)5-7/h3-5,13H,6,12H2,1-2H3. The summed E-state index contributed by atoms with van der Waals surface area (Å²) < 4.78 is 5.99. The fourth-order valence-electron chi connectivity index (χ4n) is 1.15. The molecule has 0 aliphatic carbocycles. The molecule has 3 nitrogen and oxygen atoms in total. The number of phenols is 1. The molecule has 0 fully saturated rings. The van der Waals surface area contributed by atoms with Gasteiger partial charge in [-0.1, -0.05) is 6.07 Å². The molecular weight excluding hydrogens is 246 g/mol. The molecule has 4 heteroatoms. The number of hydrogen-bond acceptors (Lipinski definition) is 3. The lowest BCUT2D eigenvalue weighted by Crippen LogP contribution is -2.33. The van der Waals surface area contributed by atoms with Crippen molar-refractivity contribution in [3.8, 4) is 5.75 Å². The van der Waals surface area contributed by atoms with E-state index in [1.165, 1.54) is 0 Å². The zero-order chi connectivity index (χ0) is 10.8. The highest BCUT2D eigenvalue weighted by Gasteiger charge is 2.24. The molecule has 0 bridgehead atoms. The van der Waals surface area contributed by atoms with E-state index in [0.717, 1.165) is 5.56 Å². The molecule has 3 N–H and O–H groups in total. The molecular formula is C10H14BrNO2. The maximum absolute atomic E-state index is 9.34. The van der Waals surface area contributed by atoms with Crippen LogP contribution in [0.25, 0.3) is 0 Å². The van der Waals surface area contributed by atoms with E-state index in [9.17, 15) is 5.11 Å². The molecule has 1 aromatic carbocycles. The van der Waals surface area contributed by atoms with Crippen LogP contribution < -0.4 is 5.73 Å². The summed E-state index contributed by atoms with van der Waals surface area (Å²) >= 11 is 3.25. The maximum Gasteiger partial charge on any atom is 0.129 e. The number of nitrogens with two attached hydrogens (primary N) is 1. The van der Waals surface area contributed by atoms with E-state index < -0.39 is 5.60 Å². The lowest BCUT2D eigenvalue weighted by atomic mass is 9.96. The first-order valence-corrected chi connectivity index (χ1v) is 5.07. The van der Waals surface area contributed by atoms with Crippen LogP contribution in [0.3, 0.4) is 0 Å². The van der Waals surface area contributed by atoms with Gasteiger partial charge in [-0.05, 0) is 40.5 Å². The van der Waals surface area contributed by atoms with Gasteiger partial charge in [-0.25, -0.2) is 0 Å². The smallest absolute Gasteiger partial charge is 0.129 e. The van der Waals surface area contributed by atoms with Crippen molar-refractivity contribution in [1.29, 1.82) is 0 Å². The van der Waals surface area contributed by atoms with E-state index in [2.05, 4.69) is 15.9 Å². The number of rotatable bonds is 3. The second kappa shape index (κ2) is 4.29. The van der Waals surface area contributed by atoms with Crippen molar-refractivity contribution in [1.82, 2.24) is 0 Å². The Balaban J connectivity index is 3.12. The van der Waals surface area contributed by atoms with Crippen LogP contribution >= 0.6 is 15.9 Å². The molecule has 0 saturated carbocycles. The van der Waals surface area contributed by atoms with Gasteiger partial charge in [-0.15, -0.1) is 0 Å². The highest BCUT2D eigenvalue weighted by atomic mass is 79.9. The molecule has 1 aromatic rings. The molecule has 0 aliphatic rings. The number of aromatic hydroxyl groups is 1. The van der Waals surface area contributed by atoms with Gasteiger partial charge in [0.15, 0.2) is 0 Å². The largest absolute Gasteiger partial charge is 0.507 e. The summed E-state index contributed by atoms with van der Waals surface area (Å²) in [5.74, 6) is 0.212. The molecule has 0 saturated heterocycles. The van der Waals surface area contributed by atoms with Crippen LogP contribution in [0.5, 0.6) is 5.75 Å². The Morgan fingerprint density at radius 1 is 1.57 bits per heavy atom. The number of halogens is 1. The van der Waals surface area contributed by atoms with Crippen molar-refractivity contribution in [2.24, 2.45) is 5.73 Å². The average Bonchev–Trinajstić information content (AvgIpc) is 2.21. The van der Waals surface area contributed by atoms with Crippen LogP contribution in [0.1, 0.15) is 12.5 Å². The number of benzene rings is 1. The molecule has 1 unspecified atom stereocenters. The lowest BCUT2D eigenvalue weighted by molar-refractivity contribution is 0.0100. The van der Waals surface area contributed by atoms with E-state index in [1.54, 1.807) is 19.2 Å². The van der Waals surface area contributed by atoms with Gasteiger partial charge < -0.3 is 15.6 Å². The Labute approximate surface area is 92.0 Å². The third kappa shape index (κ3) is 2.08. The van der Waals surface area contributed by atoms with Crippen molar-refractivity contribution in [2.75, 3.05) is 13.7 Å². The van der Waals surface area contributed by atoms with Gasteiger partial charge in [0.1, 0.15) is 11.4 Å². The summed E-state index contributed by atoms with van der Waals surface area (Å²) in [4.78, 5) is 0. The third-order valence-corrected chi connectivity index (χ3v) is 3.03. The van der Waals surface area contributed by atoms with Crippen molar-refractivity contribution in [3.63, 3.8) is 0 Å². The molecule has 0 radical (unpaired) electrons. The Morgan fingerprint density at radius 3 is 2.64 bits per heavy atom. The molecule has 0 amide bonds. The summed E-state index contributed by atoms with van der Waals surface area (Å²) in [5.41, 5.74) is 6.07. The monoisotopic (exact) mass is 259 g/mol. The number of hydrogen-bond donors (Lipinski definition) is 2. The van der Waals surface area contributed by atoms with Crippen LogP contribution in [0.15, 0.2) is 22.7 Å². The van der Waals surface area contributed by atoms with Crippen LogP contribution in [-0.2, 0) is 10.3 Å². The number of methoxy groups -OCH3 is 1. The van der Waals surface area contributed by atoms with Crippen LogP contribution in [0.2, 0.25) is 0 Å². The minimum atomic E-state index is -0.504. The van der Waals surface area contributed by atoms with Gasteiger partial charge in [0, 0.05) is 13.7 Å². The van der Waals surface area contributed by atoms with Crippen LogP contribution in [0.4, 0.5) is 0 Å². The SMILES string of the molecule is COC(C)(CN)c1ccc(O)c(Br)c1. The summed E-state index contributed by atoms with van der Waals surface area (Å²) in [6.07, 6.45) is 0. The summed E-state index contributed by atoms with van der Waals surface area (Å²) in [7, 11) is 1.62. The fraction of sp³-hybridized carbons (Fsp3) is 0.400. The zero-order valence-electron chi connectivity index (χ0n) is 8.25. The summed E-state index contributed by atoms with van der Waals surface area (Å²) in [6, 6.07) is 5.23. The predicted octanol–water partition coefficient (Wildman–Crippen LogP) is 1.97. The summed E-state index contributed by atoms with van der Waals surface area (Å²) in [6.45, 7) is 2.30. The molecule has 0 heterocycles. The van der Waals surface area contributed by atoms with Gasteiger partial charge in [-0.3, -0.25) is 0 Å². The first kappa shape index (κ1) is 11.5. The molecule has 0 aromatic heterocycles. The Bertz CT molecular complexity index is 324. The zero-order valence-corrected chi connectivity index (χ0v) is 9.84. The van der Waals surface area contributed by atoms with Crippen LogP contribution in [-0.4, -0.2) is 18.8 Å². The van der Waals surface area contributed by atoms with E-state index >= 15 is 0 Å². The normalized spacial score (nSPS) is 15.1. The van der Waals surface area contributed by atoms with Crippen molar-refractivity contribution in [3.05, 3.63) is 28.2 Å². The highest BCUT2D eigenvalue weighted by Crippen LogP contribution is 2.30. The lowest BCUT2D eigenvalue weighted by Gasteiger charge is -2.27. The Hall–Kier alpha value is -0.580. The predicted molar refractivity (Wildman–Crippen MR) is 59.2 cm³/mol. The minimum absolute atomic E-state index is 0.212. The second-order valence-corrected chi connectivity index (χ2v) is 4.16. The maximum atomic E-state index is 9.34. The molecule has 1 rings (SSSR count). The first-order valence-electron chi connectivity index (χ1n) is 4.27. The van der Waals surface area contributed by atoms with Gasteiger partial charge >= 0.3 is 0 Å². The quantitative estimate of drug-likeness (QED) is 0.873. The topological polar surface area (TPSA) is 55.5 Å². The molecule has 78 valence electrons. The van der Waals surface area contributed by atoms with Gasteiger partial charge in [0.25, 0.3) is 0 Å². The number of ether oxygens (including phenoxy) is 1. The first-order chi connectivity index (χ1) is 6.53. The van der Waals surface area contributed by atoms with Crippen molar-refractivity contribution in [2.45, 2.75) is 12.5 Å². The molecule has 0 aliphatic heterocycles. The van der Waals surface area contributed by atoms with Crippen molar-refractivity contribution >= 4 is 15.9 Å². The highest BCUT2D eigenvalue weighted by molar-refractivity contribution is 9.10. The van der Waals surface area contributed by atoms with Gasteiger partial charge in [0.2, 0.25) is 0 Å². The minimum Gasteiger partial charge on any atom is -0.507 e. The summed E-state index contributed by atoms with van der Waals surface area (Å²) in [5, 5.41) is 9.34. The van der Waals surface area contributed by atoms with Crippen molar-refractivity contribution < 1.29 is 9.84 Å². The molecule has 14 heavy (non-hydrogen) atoms. The second-order valence-electron chi connectivity index (χ2n) is 3.31. The van der Waals surface area contributed by atoms with Gasteiger partial charge in [-0.2, -0.15) is 0 Å². The van der Waals surface area contributed by atoms with E-state index in [-0.39, 0.29) is 5.75 Å². The number of phenolic OH excluding ortho intramolecular Hbond substituents is 1. The fourth-order valence-corrected chi connectivity index (χ4v) is 1.53. The Morgan fingerprint density at radius 2 is 2.21 bits per heavy atom. The average molecular weight is 260 g/mol. The molecule has 0 spiro atoms. The molecule has 1 atom stereocenters. The van der Waals surface area contributed by atoms with Crippen LogP contribution in [0, 0.1) is 0 Å². The van der Waals surface area contributed by atoms with E-state index in [1.807, 2.05) is 13.0 Å². The Kier molecular flexibility index (Phi) is 3.53. The van der Waals surface area contributed by atoms with Gasteiger partial charge in [0.05, 0.1) is 4.47 Å². The van der Waals surface area contributed by atoms with E-state index in [0.29, 0.717) is 11.0 Å². The van der Waals surface area contributed by atoms with E-state index in [4.69, 9.17) is 10.5 Å². The third-order valence-electron chi connectivity index (χ3n) is 2.40.